The maximum atomic E-state index is 10.9. The van der Waals surface area contributed by atoms with Gasteiger partial charge in [0.1, 0.15) is 6.61 Å². The molecule has 0 aliphatic rings. The molecule has 0 spiro atoms. The van der Waals surface area contributed by atoms with Gasteiger partial charge in [0, 0.05) is 6.92 Å². The Labute approximate surface area is 129 Å². The van der Waals surface area contributed by atoms with E-state index in [-0.39, 0.29) is 5.97 Å². The highest BCUT2D eigenvalue weighted by molar-refractivity contribution is 5.65. The van der Waals surface area contributed by atoms with Crippen molar-refractivity contribution in [3.8, 4) is 0 Å². The van der Waals surface area contributed by atoms with E-state index < -0.39 is 0 Å². The molecule has 2 heteroatoms. The van der Waals surface area contributed by atoms with Crippen LogP contribution in [0.4, 0.5) is 0 Å². The van der Waals surface area contributed by atoms with Gasteiger partial charge >= 0.3 is 5.97 Å². The number of rotatable bonds is 11. The maximum absolute atomic E-state index is 10.9. The van der Waals surface area contributed by atoms with E-state index in [2.05, 4.69) is 25.1 Å². The molecule has 0 saturated heterocycles. The highest BCUT2D eigenvalue weighted by Crippen LogP contribution is 2.15. The number of hydrogen-bond acceptors (Lipinski definition) is 2. The number of ether oxygens (including phenoxy) is 1. The minimum absolute atomic E-state index is 0.211. The minimum Gasteiger partial charge on any atom is -0.461 e. The third-order valence-electron chi connectivity index (χ3n) is 3.85. The Morgan fingerprint density at radius 1 is 0.905 bits per heavy atom. The van der Waals surface area contributed by atoms with Crippen molar-refractivity contribution in [2.45, 2.75) is 78.2 Å². The Balaban J connectivity index is 2.20. The molecule has 21 heavy (non-hydrogen) atoms. The summed E-state index contributed by atoms with van der Waals surface area (Å²) in [5.41, 5.74) is 2.47. The van der Waals surface area contributed by atoms with E-state index in [4.69, 9.17) is 4.74 Å². The monoisotopic (exact) mass is 290 g/mol. The van der Waals surface area contributed by atoms with Crippen LogP contribution in [0.1, 0.15) is 76.3 Å². The molecular weight excluding hydrogens is 260 g/mol. The Hall–Kier alpha value is -1.31. The van der Waals surface area contributed by atoms with E-state index >= 15 is 0 Å². The highest BCUT2D eigenvalue weighted by atomic mass is 16.5. The van der Waals surface area contributed by atoms with Crippen LogP contribution in [0.5, 0.6) is 0 Å². The fourth-order valence-corrected chi connectivity index (χ4v) is 2.57. The average Bonchev–Trinajstić information content (AvgIpc) is 2.48. The van der Waals surface area contributed by atoms with Gasteiger partial charge in [-0.25, -0.2) is 0 Å². The predicted molar refractivity (Wildman–Crippen MR) is 88.2 cm³/mol. The van der Waals surface area contributed by atoms with E-state index in [1.165, 1.54) is 63.9 Å². The zero-order chi connectivity index (χ0) is 15.3. The summed E-state index contributed by atoms with van der Waals surface area (Å²) in [6, 6.07) is 8.29. The van der Waals surface area contributed by atoms with E-state index in [9.17, 15) is 4.79 Å². The van der Waals surface area contributed by atoms with Crippen LogP contribution in [0, 0.1) is 0 Å². The molecule has 1 rings (SSSR count). The third kappa shape index (κ3) is 8.54. The standard InChI is InChI=1S/C19H30O2/c1-3-4-5-6-7-8-9-10-13-18-14-11-12-15-19(18)16-21-17(2)20/h11-12,14-15H,3-10,13,16H2,1-2H3. The van der Waals surface area contributed by atoms with Crippen molar-refractivity contribution in [3.63, 3.8) is 0 Å². The first-order valence-electron chi connectivity index (χ1n) is 8.44. The molecule has 2 nitrogen and oxygen atoms in total. The van der Waals surface area contributed by atoms with Gasteiger partial charge in [-0.15, -0.1) is 0 Å². The van der Waals surface area contributed by atoms with Crippen molar-refractivity contribution in [2.75, 3.05) is 0 Å². The van der Waals surface area contributed by atoms with E-state index in [1.807, 2.05) is 6.07 Å². The molecule has 0 fully saturated rings. The Morgan fingerprint density at radius 2 is 1.48 bits per heavy atom. The van der Waals surface area contributed by atoms with Gasteiger partial charge in [-0.1, -0.05) is 76.1 Å². The van der Waals surface area contributed by atoms with Crippen molar-refractivity contribution >= 4 is 5.97 Å². The van der Waals surface area contributed by atoms with Crippen molar-refractivity contribution in [2.24, 2.45) is 0 Å². The second kappa shape index (κ2) is 11.4. The summed E-state index contributed by atoms with van der Waals surface area (Å²) in [6.07, 6.45) is 11.8. The first-order chi connectivity index (χ1) is 10.2. The van der Waals surface area contributed by atoms with Gasteiger partial charge in [-0.3, -0.25) is 4.79 Å². The first-order valence-corrected chi connectivity index (χ1v) is 8.44. The number of esters is 1. The summed E-state index contributed by atoms with van der Waals surface area (Å²) >= 11 is 0. The number of aryl methyl sites for hydroxylation is 1. The molecule has 0 atom stereocenters. The molecule has 0 radical (unpaired) electrons. The zero-order valence-electron chi connectivity index (χ0n) is 13.7. The molecule has 0 unspecified atom stereocenters. The van der Waals surface area contributed by atoms with Gasteiger partial charge in [0.25, 0.3) is 0 Å². The molecule has 0 bridgehead atoms. The van der Waals surface area contributed by atoms with Crippen molar-refractivity contribution in [3.05, 3.63) is 35.4 Å². The fraction of sp³-hybridized carbons (Fsp3) is 0.632. The van der Waals surface area contributed by atoms with Crippen LogP contribution in [0.2, 0.25) is 0 Å². The molecule has 0 aliphatic heterocycles. The largest absolute Gasteiger partial charge is 0.461 e. The number of carbonyl (C=O) groups excluding carboxylic acids is 1. The highest BCUT2D eigenvalue weighted by Gasteiger charge is 2.03. The first kappa shape index (κ1) is 17.7. The van der Waals surface area contributed by atoms with Crippen LogP contribution in [0.15, 0.2) is 24.3 Å². The lowest BCUT2D eigenvalue weighted by Gasteiger charge is -2.09. The summed E-state index contributed by atoms with van der Waals surface area (Å²) in [5.74, 6) is -0.211. The van der Waals surface area contributed by atoms with Gasteiger partial charge in [-0.2, -0.15) is 0 Å². The van der Waals surface area contributed by atoms with Crippen LogP contribution in [0.3, 0.4) is 0 Å². The molecule has 0 N–H and O–H groups in total. The van der Waals surface area contributed by atoms with Gasteiger partial charge in [0.15, 0.2) is 0 Å². The number of hydrogen-bond donors (Lipinski definition) is 0. The Morgan fingerprint density at radius 3 is 2.10 bits per heavy atom. The quantitative estimate of drug-likeness (QED) is 0.401. The second-order valence-corrected chi connectivity index (χ2v) is 5.77. The predicted octanol–water partition coefficient (Wildman–Crippen LogP) is 5.43. The van der Waals surface area contributed by atoms with Crippen LogP contribution >= 0.6 is 0 Å². The molecular formula is C19H30O2. The average molecular weight is 290 g/mol. The third-order valence-corrected chi connectivity index (χ3v) is 3.85. The Kier molecular flexibility index (Phi) is 9.60. The molecule has 0 aromatic heterocycles. The lowest BCUT2D eigenvalue weighted by Crippen LogP contribution is -2.02. The molecule has 118 valence electrons. The maximum Gasteiger partial charge on any atom is 0.302 e. The van der Waals surface area contributed by atoms with Gasteiger partial charge < -0.3 is 4.74 Å². The molecule has 0 aliphatic carbocycles. The van der Waals surface area contributed by atoms with E-state index in [1.54, 1.807) is 0 Å². The molecule has 1 aromatic rings. The van der Waals surface area contributed by atoms with E-state index in [0.717, 1.165) is 12.0 Å². The summed E-state index contributed by atoms with van der Waals surface area (Å²) in [4.78, 5) is 10.9. The van der Waals surface area contributed by atoms with Gasteiger partial charge in [0.05, 0.1) is 0 Å². The summed E-state index contributed by atoms with van der Waals surface area (Å²) < 4.78 is 5.11. The topological polar surface area (TPSA) is 26.3 Å². The lowest BCUT2D eigenvalue weighted by atomic mass is 10.0. The fourth-order valence-electron chi connectivity index (χ4n) is 2.57. The normalized spacial score (nSPS) is 10.6. The molecule has 0 saturated carbocycles. The van der Waals surface area contributed by atoms with Crippen LogP contribution < -0.4 is 0 Å². The molecule has 0 heterocycles. The smallest absolute Gasteiger partial charge is 0.302 e. The summed E-state index contributed by atoms with van der Waals surface area (Å²) in [7, 11) is 0. The van der Waals surface area contributed by atoms with E-state index in [0.29, 0.717) is 6.61 Å². The number of carbonyl (C=O) groups is 1. The van der Waals surface area contributed by atoms with Crippen LogP contribution in [-0.2, 0) is 22.6 Å². The van der Waals surface area contributed by atoms with Crippen molar-refractivity contribution in [1.82, 2.24) is 0 Å². The minimum atomic E-state index is -0.211. The molecule has 0 amide bonds. The number of benzene rings is 1. The SMILES string of the molecule is CCCCCCCCCCc1ccccc1COC(C)=O. The van der Waals surface area contributed by atoms with Crippen molar-refractivity contribution < 1.29 is 9.53 Å². The van der Waals surface area contributed by atoms with Crippen LogP contribution in [0.25, 0.3) is 0 Å². The van der Waals surface area contributed by atoms with Gasteiger partial charge in [0.2, 0.25) is 0 Å². The summed E-state index contributed by atoms with van der Waals surface area (Å²) in [5, 5.41) is 0. The summed E-state index contributed by atoms with van der Waals surface area (Å²) in [6.45, 7) is 4.12. The Bertz CT molecular complexity index is 398. The van der Waals surface area contributed by atoms with Crippen LogP contribution in [-0.4, -0.2) is 5.97 Å². The molecule has 1 aromatic carbocycles. The number of unbranched alkanes of at least 4 members (excludes halogenated alkanes) is 7. The zero-order valence-corrected chi connectivity index (χ0v) is 13.7. The second-order valence-electron chi connectivity index (χ2n) is 5.77. The lowest BCUT2D eigenvalue weighted by molar-refractivity contribution is -0.142. The van der Waals surface area contributed by atoms with Gasteiger partial charge in [-0.05, 0) is 24.0 Å². The van der Waals surface area contributed by atoms with Crippen molar-refractivity contribution in [1.29, 1.82) is 0 Å².